The van der Waals surface area contributed by atoms with Crippen LogP contribution in [0.25, 0.3) is 0 Å². The van der Waals surface area contributed by atoms with Crippen LogP contribution in [0.1, 0.15) is 45.4 Å². The van der Waals surface area contributed by atoms with Gasteiger partial charge in [-0.3, -0.25) is 0 Å². The van der Waals surface area contributed by atoms with E-state index in [-0.39, 0.29) is 0 Å². The maximum Gasteiger partial charge on any atom is 0.168 e. The molecule has 0 aromatic carbocycles. The fourth-order valence-corrected chi connectivity index (χ4v) is 3.05. The van der Waals surface area contributed by atoms with Crippen molar-refractivity contribution >= 4 is 35.1 Å². The fourth-order valence-electron chi connectivity index (χ4n) is 1.54. The highest BCUT2D eigenvalue weighted by Gasteiger charge is 2.34. The maximum atomic E-state index is 6.11. The van der Waals surface area contributed by atoms with Crippen LogP contribution in [0.15, 0.2) is 11.8 Å². The van der Waals surface area contributed by atoms with Gasteiger partial charge in [0.15, 0.2) is 4.33 Å². The Morgan fingerprint density at radius 3 is 2.67 bits per heavy atom. The maximum absolute atomic E-state index is 6.11. The molecule has 15 heavy (non-hydrogen) atoms. The van der Waals surface area contributed by atoms with Crippen LogP contribution in [0.5, 0.6) is 0 Å². The molecular formula is C11H19Cl2NS. The zero-order chi connectivity index (χ0) is 11.1. The first-order valence-corrected chi connectivity index (χ1v) is 7.37. The molecule has 0 spiro atoms. The average molecular weight is 268 g/mol. The van der Waals surface area contributed by atoms with Gasteiger partial charge in [-0.15, -0.1) is 0 Å². The van der Waals surface area contributed by atoms with E-state index >= 15 is 0 Å². The highest BCUT2D eigenvalue weighted by Crippen LogP contribution is 2.38. The van der Waals surface area contributed by atoms with Crippen LogP contribution in [0.2, 0.25) is 0 Å². The van der Waals surface area contributed by atoms with Gasteiger partial charge < -0.3 is 4.72 Å². The van der Waals surface area contributed by atoms with Crippen LogP contribution in [0, 0.1) is 0 Å². The Kier molecular flexibility index (Phi) is 6.25. The third-order valence-electron chi connectivity index (χ3n) is 2.49. The minimum Gasteiger partial charge on any atom is -0.331 e. The first-order chi connectivity index (χ1) is 7.17. The second-order valence-electron chi connectivity index (χ2n) is 3.92. The SMILES string of the molecule is CCCCCCCC=C1NSCC1(Cl)Cl. The van der Waals surface area contributed by atoms with E-state index in [9.17, 15) is 0 Å². The van der Waals surface area contributed by atoms with Gasteiger partial charge in [-0.05, 0) is 24.8 Å². The van der Waals surface area contributed by atoms with Gasteiger partial charge in [0.2, 0.25) is 0 Å². The Morgan fingerprint density at radius 1 is 1.33 bits per heavy atom. The second kappa shape index (κ2) is 6.93. The number of nitrogens with one attached hydrogen (secondary N) is 1. The summed E-state index contributed by atoms with van der Waals surface area (Å²) in [5, 5.41) is 0. The standard InChI is InChI=1S/C11H19Cl2NS/c1-2-3-4-5-6-7-8-10-11(12,13)9-15-14-10/h8,14H,2-7,9H2,1H3. The summed E-state index contributed by atoms with van der Waals surface area (Å²) in [5.74, 6) is 0.734. The lowest BCUT2D eigenvalue weighted by molar-refractivity contribution is 0.636. The van der Waals surface area contributed by atoms with Gasteiger partial charge >= 0.3 is 0 Å². The predicted molar refractivity (Wildman–Crippen MR) is 71.5 cm³/mol. The second-order valence-corrected chi connectivity index (χ2v) is 6.18. The number of allylic oxidation sites excluding steroid dienone is 2. The highest BCUT2D eigenvalue weighted by molar-refractivity contribution is 7.98. The van der Waals surface area contributed by atoms with Crippen molar-refractivity contribution in [2.75, 3.05) is 5.75 Å². The molecule has 0 amide bonds. The van der Waals surface area contributed by atoms with Crippen LogP contribution in [0.3, 0.4) is 0 Å². The first-order valence-electron chi connectivity index (χ1n) is 5.63. The lowest BCUT2D eigenvalue weighted by Gasteiger charge is -2.11. The molecule has 1 fully saturated rings. The number of hydrogen-bond acceptors (Lipinski definition) is 2. The summed E-state index contributed by atoms with van der Waals surface area (Å²) in [6, 6.07) is 0. The molecule has 0 aromatic rings. The van der Waals surface area contributed by atoms with Crippen molar-refractivity contribution < 1.29 is 0 Å². The molecule has 88 valence electrons. The minimum absolute atomic E-state index is 0.686. The fraction of sp³-hybridized carbons (Fsp3) is 0.818. The van der Waals surface area contributed by atoms with E-state index in [0.717, 1.165) is 17.9 Å². The Morgan fingerprint density at radius 2 is 2.07 bits per heavy atom. The molecule has 1 heterocycles. The van der Waals surface area contributed by atoms with Gasteiger partial charge in [-0.1, -0.05) is 61.9 Å². The summed E-state index contributed by atoms with van der Waals surface area (Å²) >= 11 is 13.8. The van der Waals surface area contributed by atoms with Crippen LogP contribution >= 0.6 is 35.1 Å². The minimum atomic E-state index is -0.686. The zero-order valence-corrected chi connectivity index (χ0v) is 11.5. The van der Waals surface area contributed by atoms with E-state index in [1.807, 2.05) is 0 Å². The Bertz CT molecular complexity index is 217. The summed E-state index contributed by atoms with van der Waals surface area (Å²) in [4.78, 5) is 0. The normalized spacial score (nSPS) is 21.9. The van der Waals surface area contributed by atoms with Crippen LogP contribution in [0.4, 0.5) is 0 Å². The molecule has 0 aliphatic carbocycles. The molecule has 1 aliphatic rings. The van der Waals surface area contributed by atoms with Crippen molar-refractivity contribution in [2.45, 2.75) is 49.8 Å². The van der Waals surface area contributed by atoms with E-state index in [2.05, 4.69) is 17.7 Å². The van der Waals surface area contributed by atoms with E-state index in [4.69, 9.17) is 23.2 Å². The van der Waals surface area contributed by atoms with E-state index in [1.165, 1.54) is 32.1 Å². The number of rotatable bonds is 6. The molecular weight excluding hydrogens is 249 g/mol. The number of alkyl halides is 2. The zero-order valence-electron chi connectivity index (χ0n) is 9.19. The average Bonchev–Trinajstić information content (AvgIpc) is 2.52. The molecule has 1 rings (SSSR count). The van der Waals surface area contributed by atoms with Gasteiger partial charge in [0.1, 0.15) is 0 Å². The highest BCUT2D eigenvalue weighted by atomic mass is 35.5. The quantitative estimate of drug-likeness (QED) is 0.427. The van der Waals surface area contributed by atoms with Gasteiger partial charge in [-0.25, -0.2) is 0 Å². The third-order valence-corrected chi connectivity index (χ3v) is 4.42. The summed E-state index contributed by atoms with van der Waals surface area (Å²) < 4.78 is 2.48. The Balaban J connectivity index is 2.15. The predicted octanol–water partition coefficient (Wildman–Crippen LogP) is 4.66. The summed E-state index contributed by atoms with van der Waals surface area (Å²) in [5.41, 5.74) is 0.978. The Hall–Kier alpha value is 0.470. The topological polar surface area (TPSA) is 12.0 Å². The van der Waals surface area contributed by atoms with Gasteiger partial charge in [0, 0.05) is 0 Å². The lowest BCUT2D eigenvalue weighted by Crippen LogP contribution is -2.16. The van der Waals surface area contributed by atoms with Gasteiger partial charge in [-0.2, -0.15) is 0 Å². The van der Waals surface area contributed by atoms with E-state index in [1.54, 1.807) is 11.9 Å². The van der Waals surface area contributed by atoms with Crippen LogP contribution in [-0.2, 0) is 0 Å². The summed E-state index contributed by atoms with van der Waals surface area (Å²) in [6.07, 6.45) is 9.75. The van der Waals surface area contributed by atoms with E-state index in [0.29, 0.717) is 0 Å². The van der Waals surface area contributed by atoms with Crippen LogP contribution in [-0.4, -0.2) is 10.1 Å². The number of halogens is 2. The molecule has 0 unspecified atom stereocenters. The van der Waals surface area contributed by atoms with Gasteiger partial charge in [0.25, 0.3) is 0 Å². The first kappa shape index (κ1) is 13.5. The monoisotopic (exact) mass is 267 g/mol. The molecule has 1 nitrogen and oxygen atoms in total. The lowest BCUT2D eigenvalue weighted by atomic mass is 10.1. The summed E-state index contributed by atoms with van der Waals surface area (Å²) in [6.45, 7) is 2.23. The van der Waals surface area contributed by atoms with Crippen molar-refractivity contribution in [1.29, 1.82) is 0 Å². The molecule has 4 heteroatoms. The largest absolute Gasteiger partial charge is 0.331 e. The third kappa shape index (κ3) is 4.88. The van der Waals surface area contributed by atoms with E-state index < -0.39 is 4.33 Å². The Labute approximate surface area is 107 Å². The molecule has 0 atom stereocenters. The number of hydrogen-bond donors (Lipinski definition) is 1. The molecule has 1 aliphatic heterocycles. The molecule has 1 saturated heterocycles. The van der Waals surface area contributed by atoms with Crippen molar-refractivity contribution in [2.24, 2.45) is 0 Å². The smallest absolute Gasteiger partial charge is 0.168 e. The van der Waals surface area contributed by atoms with Crippen LogP contribution < -0.4 is 4.72 Å². The molecule has 0 radical (unpaired) electrons. The van der Waals surface area contributed by atoms with Crippen molar-refractivity contribution in [1.82, 2.24) is 4.72 Å². The van der Waals surface area contributed by atoms with Gasteiger partial charge in [0.05, 0.1) is 11.4 Å². The molecule has 1 N–H and O–H groups in total. The molecule has 0 aromatic heterocycles. The summed E-state index contributed by atoms with van der Waals surface area (Å²) in [7, 11) is 0. The molecule has 0 bridgehead atoms. The van der Waals surface area contributed by atoms with Crippen molar-refractivity contribution in [3.63, 3.8) is 0 Å². The van der Waals surface area contributed by atoms with Crippen molar-refractivity contribution in [3.05, 3.63) is 11.8 Å². The molecule has 0 saturated carbocycles. The van der Waals surface area contributed by atoms with Crippen molar-refractivity contribution in [3.8, 4) is 0 Å². The number of unbranched alkanes of at least 4 members (excludes halogenated alkanes) is 5.